The van der Waals surface area contributed by atoms with Crippen molar-refractivity contribution in [2.45, 2.75) is 24.2 Å². The number of nitrogens with zero attached hydrogens (tertiary/aromatic N) is 1. The third-order valence-electron chi connectivity index (χ3n) is 3.90. The van der Waals surface area contributed by atoms with Gasteiger partial charge < -0.3 is 5.32 Å². The zero-order valence-electron chi connectivity index (χ0n) is 14.1. The summed E-state index contributed by atoms with van der Waals surface area (Å²) in [4.78, 5) is 10.2. The van der Waals surface area contributed by atoms with E-state index in [0.29, 0.717) is 17.3 Å². The highest BCUT2D eigenvalue weighted by Gasteiger charge is 2.25. The van der Waals surface area contributed by atoms with Gasteiger partial charge in [-0.3, -0.25) is 10.1 Å². The highest BCUT2D eigenvalue weighted by Crippen LogP contribution is 2.32. The van der Waals surface area contributed by atoms with Crippen LogP contribution in [0.15, 0.2) is 47.4 Å². The molecule has 0 aliphatic heterocycles. The van der Waals surface area contributed by atoms with E-state index in [0.717, 1.165) is 17.9 Å². The van der Waals surface area contributed by atoms with Crippen LogP contribution in [-0.4, -0.2) is 26.1 Å². The molecule has 0 bridgehead atoms. The fourth-order valence-electron chi connectivity index (χ4n) is 2.50. The summed E-state index contributed by atoms with van der Waals surface area (Å²) >= 11 is 6.25. The first-order valence-corrected chi connectivity index (χ1v) is 9.77. The molecule has 0 heterocycles. The molecule has 0 amide bonds. The van der Waals surface area contributed by atoms with Crippen molar-refractivity contribution >= 4 is 32.8 Å². The number of non-ortho nitro benzene ring substituents is 1. The highest BCUT2D eigenvalue weighted by molar-refractivity contribution is 7.90. The minimum atomic E-state index is -3.62. The summed E-state index contributed by atoms with van der Waals surface area (Å²) in [6.07, 6.45) is 1.02. The van der Waals surface area contributed by atoms with Crippen molar-refractivity contribution in [3.63, 3.8) is 0 Å². The molecule has 0 saturated heterocycles. The number of nitro benzene ring substituents is 1. The predicted octanol–water partition coefficient (Wildman–Crippen LogP) is 4.04. The number of anilines is 1. The largest absolute Gasteiger partial charge is 0.383 e. The standard InChI is InChI=1S/C17H19ClN2O4S/c1-17(2,13-6-4-5-7-14(13)18)11-19-15-9-8-12(20(21)22)10-16(15)25(3,23)24/h4-10,19H,11H2,1-3H3. The van der Waals surface area contributed by atoms with Crippen molar-refractivity contribution in [1.82, 2.24) is 0 Å². The summed E-state index contributed by atoms with van der Waals surface area (Å²) in [7, 11) is -3.62. The predicted molar refractivity (Wildman–Crippen MR) is 99.2 cm³/mol. The number of rotatable bonds is 6. The number of nitro groups is 1. The van der Waals surface area contributed by atoms with E-state index in [2.05, 4.69) is 5.32 Å². The maximum atomic E-state index is 12.0. The Bertz CT molecular complexity index is 911. The number of hydrogen-bond acceptors (Lipinski definition) is 5. The average Bonchev–Trinajstić information content (AvgIpc) is 2.52. The Morgan fingerprint density at radius 1 is 1.20 bits per heavy atom. The molecule has 2 rings (SSSR count). The zero-order valence-corrected chi connectivity index (χ0v) is 15.7. The van der Waals surface area contributed by atoms with Gasteiger partial charge >= 0.3 is 0 Å². The summed E-state index contributed by atoms with van der Waals surface area (Å²) in [5.41, 5.74) is 0.603. The molecule has 134 valence electrons. The molecule has 6 nitrogen and oxygen atoms in total. The lowest BCUT2D eigenvalue weighted by atomic mass is 9.84. The van der Waals surface area contributed by atoms with Crippen molar-refractivity contribution in [2.24, 2.45) is 0 Å². The summed E-state index contributed by atoms with van der Waals surface area (Å²) in [6, 6.07) is 11.2. The van der Waals surface area contributed by atoms with E-state index in [1.54, 1.807) is 6.07 Å². The van der Waals surface area contributed by atoms with Crippen molar-refractivity contribution < 1.29 is 13.3 Å². The SMILES string of the molecule is CC(C)(CNc1ccc([N+](=O)[O-])cc1S(C)(=O)=O)c1ccccc1Cl. The molecule has 0 aromatic heterocycles. The van der Waals surface area contributed by atoms with Crippen LogP contribution in [0, 0.1) is 10.1 Å². The Labute approximate surface area is 151 Å². The second kappa shape index (κ2) is 7.01. The number of sulfone groups is 1. The minimum Gasteiger partial charge on any atom is -0.383 e. The summed E-state index contributed by atoms with van der Waals surface area (Å²) in [5, 5.41) is 14.6. The van der Waals surface area contributed by atoms with Crippen LogP contribution in [0.4, 0.5) is 11.4 Å². The topological polar surface area (TPSA) is 89.3 Å². The molecule has 0 fully saturated rings. The first kappa shape index (κ1) is 19.2. The molecule has 0 spiro atoms. The molecule has 0 aliphatic carbocycles. The normalized spacial score (nSPS) is 12.0. The van der Waals surface area contributed by atoms with Gasteiger partial charge in [-0.15, -0.1) is 0 Å². The van der Waals surface area contributed by atoms with Gasteiger partial charge in [-0.2, -0.15) is 0 Å². The molecule has 0 aliphatic rings. The Hall–Kier alpha value is -2.12. The average molecular weight is 383 g/mol. The second-order valence-corrected chi connectivity index (χ2v) is 8.82. The van der Waals surface area contributed by atoms with Gasteiger partial charge in [-0.1, -0.05) is 43.6 Å². The van der Waals surface area contributed by atoms with Crippen LogP contribution in [0.3, 0.4) is 0 Å². The number of halogens is 1. The third kappa shape index (κ3) is 4.49. The Kier molecular flexibility index (Phi) is 5.39. The van der Waals surface area contributed by atoms with Gasteiger partial charge in [0, 0.05) is 35.4 Å². The van der Waals surface area contributed by atoms with E-state index in [4.69, 9.17) is 11.6 Å². The molecule has 8 heteroatoms. The van der Waals surface area contributed by atoms with Gasteiger partial charge in [0.2, 0.25) is 0 Å². The van der Waals surface area contributed by atoms with Crippen LogP contribution < -0.4 is 5.32 Å². The van der Waals surface area contributed by atoms with E-state index in [1.807, 2.05) is 32.0 Å². The molecular formula is C17H19ClN2O4S. The maximum Gasteiger partial charge on any atom is 0.270 e. The molecule has 0 unspecified atom stereocenters. The third-order valence-corrected chi connectivity index (χ3v) is 5.37. The molecule has 1 N–H and O–H groups in total. The zero-order chi connectivity index (χ0) is 18.8. The summed E-state index contributed by atoms with van der Waals surface area (Å²) in [6.45, 7) is 4.36. The van der Waals surface area contributed by atoms with Gasteiger partial charge in [-0.05, 0) is 17.7 Å². The van der Waals surface area contributed by atoms with E-state index < -0.39 is 14.8 Å². The molecule has 0 atom stereocenters. The molecule has 2 aromatic rings. The maximum absolute atomic E-state index is 12.0. The molecule has 0 saturated carbocycles. The van der Waals surface area contributed by atoms with Crippen LogP contribution in [-0.2, 0) is 15.3 Å². The minimum absolute atomic E-state index is 0.100. The monoisotopic (exact) mass is 382 g/mol. The van der Waals surface area contributed by atoms with Crippen LogP contribution >= 0.6 is 11.6 Å². The lowest BCUT2D eigenvalue weighted by Crippen LogP contribution is -2.28. The van der Waals surface area contributed by atoms with Crippen molar-refractivity contribution in [1.29, 1.82) is 0 Å². The van der Waals surface area contributed by atoms with E-state index >= 15 is 0 Å². The van der Waals surface area contributed by atoms with Gasteiger partial charge in [-0.25, -0.2) is 8.42 Å². The van der Waals surface area contributed by atoms with Crippen molar-refractivity contribution in [3.8, 4) is 0 Å². The summed E-state index contributed by atoms with van der Waals surface area (Å²) in [5.74, 6) is 0. The molecule has 0 radical (unpaired) electrons. The quantitative estimate of drug-likeness (QED) is 0.601. The van der Waals surface area contributed by atoms with Gasteiger partial charge in [0.05, 0.1) is 15.5 Å². The Morgan fingerprint density at radius 2 is 1.84 bits per heavy atom. The highest BCUT2D eigenvalue weighted by atomic mass is 35.5. The summed E-state index contributed by atoms with van der Waals surface area (Å²) < 4.78 is 24.0. The lowest BCUT2D eigenvalue weighted by Gasteiger charge is -2.27. The van der Waals surface area contributed by atoms with Crippen LogP contribution in [0.2, 0.25) is 5.02 Å². The number of hydrogen-bond donors (Lipinski definition) is 1. The van der Waals surface area contributed by atoms with Crippen LogP contribution in [0.1, 0.15) is 19.4 Å². The smallest absolute Gasteiger partial charge is 0.270 e. The van der Waals surface area contributed by atoms with Crippen LogP contribution in [0.5, 0.6) is 0 Å². The van der Waals surface area contributed by atoms with Gasteiger partial charge in [0.15, 0.2) is 9.84 Å². The Morgan fingerprint density at radius 3 is 2.40 bits per heavy atom. The fraction of sp³-hybridized carbons (Fsp3) is 0.294. The van der Waals surface area contributed by atoms with E-state index in [9.17, 15) is 18.5 Å². The van der Waals surface area contributed by atoms with Gasteiger partial charge in [0.25, 0.3) is 5.69 Å². The van der Waals surface area contributed by atoms with Crippen molar-refractivity contribution in [3.05, 3.63) is 63.2 Å². The van der Waals surface area contributed by atoms with E-state index in [1.165, 1.54) is 12.1 Å². The van der Waals surface area contributed by atoms with Gasteiger partial charge in [0.1, 0.15) is 0 Å². The fourth-order valence-corrected chi connectivity index (χ4v) is 3.76. The van der Waals surface area contributed by atoms with Crippen LogP contribution in [0.25, 0.3) is 0 Å². The second-order valence-electron chi connectivity index (χ2n) is 6.43. The Balaban J connectivity index is 2.34. The number of nitrogens with one attached hydrogen (secondary N) is 1. The molecule has 25 heavy (non-hydrogen) atoms. The van der Waals surface area contributed by atoms with E-state index in [-0.39, 0.29) is 16.0 Å². The molecular weight excluding hydrogens is 364 g/mol. The number of benzene rings is 2. The lowest BCUT2D eigenvalue weighted by molar-refractivity contribution is -0.385. The first-order chi connectivity index (χ1) is 11.5. The first-order valence-electron chi connectivity index (χ1n) is 7.50. The van der Waals surface area contributed by atoms with Crippen molar-refractivity contribution in [2.75, 3.05) is 18.1 Å². The molecule has 2 aromatic carbocycles.